The summed E-state index contributed by atoms with van der Waals surface area (Å²) in [5, 5.41) is 0. The molecule has 0 atom stereocenters. The van der Waals surface area contributed by atoms with E-state index in [9.17, 15) is 9.59 Å². The van der Waals surface area contributed by atoms with Gasteiger partial charge in [-0.15, -0.1) is 0 Å². The summed E-state index contributed by atoms with van der Waals surface area (Å²) in [4.78, 5) is 23.3. The summed E-state index contributed by atoms with van der Waals surface area (Å²) in [6, 6.07) is 3.27. The van der Waals surface area contributed by atoms with Gasteiger partial charge in [-0.05, 0) is 40.7 Å². The van der Waals surface area contributed by atoms with Gasteiger partial charge in [-0.2, -0.15) is 0 Å². The van der Waals surface area contributed by atoms with Gasteiger partial charge in [0, 0.05) is 5.56 Å². The second-order valence-corrected chi connectivity index (χ2v) is 6.42. The molecule has 0 aliphatic carbocycles. The number of ether oxygens (including phenoxy) is 4. The third-order valence-corrected chi connectivity index (χ3v) is 3.09. The molecule has 23 heavy (non-hydrogen) atoms. The molecule has 0 spiro atoms. The fourth-order valence-corrected chi connectivity index (χ4v) is 2.12. The summed E-state index contributed by atoms with van der Waals surface area (Å²) in [5.41, 5.74) is -1.19. The minimum Gasteiger partial charge on any atom is -0.493 e. The molecular weight excluding hydrogens is 300 g/mol. The van der Waals surface area contributed by atoms with E-state index in [1.54, 1.807) is 46.8 Å². The standard InChI is InChI=1S/C17H23O6/c1-16(2,3)23-15(19)13-11(17(4,5)22-10-18)8-9-12(20-6)14(13)21-7/h8-9H,1-7H3. The number of rotatable bonds is 6. The van der Waals surface area contributed by atoms with E-state index >= 15 is 0 Å². The molecule has 1 radical (unpaired) electrons. The maximum Gasteiger partial charge on any atom is 0.418 e. The molecule has 0 heterocycles. The molecule has 127 valence electrons. The Balaban J connectivity index is 3.59. The molecule has 0 N–H and O–H groups in total. The number of hydrogen-bond donors (Lipinski definition) is 0. The Bertz CT molecular complexity index is 583. The zero-order valence-electron chi connectivity index (χ0n) is 14.6. The molecule has 0 aromatic heterocycles. The zero-order valence-corrected chi connectivity index (χ0v) is 14.6. The molecule has 0 fully saturated rings. The molecule has 6 nitrogen and oxygen atoms in total. The Morgan fingerprint density at radius 3 is 2.09 bits per heavy atom. The van der Waals surface area contributed by atoms with Crippen LogP contribution in [-0.2, 0) is 19.9 Å². The third kappa shape index (κ3) is 4.37. The van der Waals surface area contributed by atoms with Crippen LogP contribution >= 0.6 is 0 Å². The summed E-state index contributed by atoms with van der Waals surface area (Å²) in [6.07, 6.45) is 0. The monoisotopic (exact) mass is 323 g/mol. The van der Waals surface area contributed by atoms with Crippen molar-refractivity contribution in [2.75, 3.05) is 14.2 Å². The van der Waals surface area contributed by atoms with Gasteiger partial charge in [-0.1, -0.05) is 6.07 Å². The highest BCUT2D eigenvalue weighted by molar-refractivity contribution is 5.96. The van der Waals surface area contributed by atoms with Crippen LogP contribution in [0.5, 0.6) is 11.5 Å². The number of carbonyl (C=O) groups excluding carboxylic acids is 2. The molecule has 0 aliphatic heterocycles. The fourth-order valence-electron chi connectivity index (χ4n) is 2.12. The van der Waals surface area contributed by atoms with Crippen LogP contribution in [-0.4, -0.2) is 32.3 Å². The molecule has 1 rings (SSSR count). The van der Waals surface area contributed by atoms with Crippen molar-refractivity contribution < 1.29 is 28.5 Å². The summed E-state index contributed by atoms with van der Waals surface area (Å²) < 4.78 is 21.0. The van der Waals surface area contributed by atoms with E-state index in [4.69, 9.17) is 18.9 Å². The normalized spacial score (nSPS) is 11.6. The van der Waals surface area contributed by atoms with E-state index in [2.05, 4.69) is 0 Å². The van der Waals surface area contributed by atoms with Crippen molar-refractivity contribution in [1.82, 2.24) is 0 Å². The summed E-state index contributed by atoms with van der Waals surface area (Å²) in [5.74, 6) is 0.00985. The number of methoxy groups -OCH3 is 2. The first-order valence-electron chi connectivity index (χ1n) is 7.11. The summed E-state index contributed by atoms with van der Waals surface area (Å²) in [7, 11) is 2.90. The van der Waals surface area contributed by atoms with Crippen molar-refractivity contribution in [2.45, 2.75) is 45.8 Å². The first kappa shape index (κ1) is 18.8. The lowest BCUT2D eigenvalue weighted by atomic mass is 9.91. The van der Waals surface area contributed by atoms with Crippen LogP contribution in [0.1, 0.15) is 50.5 Å². The lowest BCUT2D eigenvalue weighted by Gasteiger charge is -2.28. The second kappa shape index (κ2) is 6.89. The van der Waals surface area contributed by atoms with Crippen molar-refractivity contribution in [3.8, 4) is 11.5 Å². The van der Waals surface area contributed by atoms with E-state index in [-0.39, 0.29) is 11.3 Å². The first-order chi connectivity index (χ1) is 10.6. The quantitative estimate of drug-likeness (QED) is 0.750. The molecule has 1 aromatic rings. The fraction of sp³-hybridized carbons (Fsp3) is 0.529. The Hall–Kier alpha value is -2.24. The lowest BCUT2D eigenvalue weighted by Crippen LogP contribution is -2.29. The molecule has 0 bridgehead atoms. The van der Waals surface area contributed by atoms with Crippen molar-refractivity contribution in [2.24, 2.45) is 0 Å². The summed E-state index contributed by atoms with van der Waals surface area (Å²) >= 11 is 0. The van der Waals surface area contributed by atoms with Gasteiger partial charge in [-0.25, -0.2) is 9.59 Å². The third-order valence-electron chi connectivity index (χ3n) is 3.09. The van der Waals surface area contributed by atoms with Gasteiger partial charge < -0.3 is 18.9 Å². The van der Waals surface area contributed by atoms with Crippen molar-refractivity contribution in [3.05, 3.63) is 23.3 Å². The van der Waals surface area contributed by atoms with Gasteiger partial charge >= 0.3 is 12.4 Å². The van der Waals surface area contributed by atoms with E-state index in [0.29, 0.717) is 11.3 Å². The molecule has 1 aromatic carbocycles. The highest BCUT2D eigenvalue weighted by Crippen LogP contribution is 2.39. The SMILES string of the molecule is COc1ccc(C(C)(C)O[C]=O)c(C(=O)OC(C)(C)C)c1OC. The molecule has 0 unspecified atom stereocenters. The van der Waals surface area contributed by atoms with E-state index in [0.717, 1.165) is 0 Å². The van der Waals surface area contributed by atoms with Crippen LogP contribution in [0.2, 0.25) is 0 Å². The van der Waals surface area contributed by atoms with Gasteiger partial charge in [-0.3, -0.25) is 0 Å². The Morgan fingerprint density at radius 1 is 1.04 bits per heavy atom. The predicted molar refractivity (Wildman–Crippen MR) is 84.5 cm³/mol. The number of hydrogen-bond acceptors (Lipinski definition) is 6. The molecule has 6 heteroatoms. The first-order valence-corrected chi connectivity index (χ1v) is 7.11. The molecule has 0 saturated heterocycles. The van der Waals surface area contributed by atoms with Crippen molar-refractivity contribution in [1.29, 1.82) is 0 Å². The van der Waals surface area contributed by atoms with Gasteiger partial charge in [0.05, 0.1) is 14.2 Å². The van der Waals surface area contributed by atoms with Crippen molar-refractivity contribution >= 4 is 12.4 Å². The smallest absolute Gasteiger partial charge is 0.418 e. The number of carbonyl (C=O) groups is 1. The highest BCUT2D eigenvalue weighted by Gasteiger charge is 2.34. The lowest BCUT2D eigenvalue weighted by molar-refractivity contribution is 0.00523. The van der Waals surface area contributed by atoms with E-state index < -0.39 is 17.2 Å². The van der Waals surface area contributed by atoms with Gasteiger partial charge in [0.15, 0.2) is 11.5 Å². The minimum atomic E-state index is -1.09. The van der Waals surface area contributed by atoms with Crippen LogP contribution in [0, 0.1) is 0 Å². The molecule has 0 aliphatic rings. The second-order valence-electron chi connectivity index (χ2n) is 6.42. The number of esters is 1. The van der Waals surface area contributed by atoms with Gasteiger partial charge in [0.25, 0.3) is 0 Å². The Labute approximate surface area is 136 Å². The van der Waals surface area contributed by atoms with Crippen molar-refractivity contribution in [3.63, 3.8) is 0 Å². The zero-order chi connectivity index (χ0) is 17.8. The molecule has 0 amide bonds. The average molecular weight is 323 g/mol. The topological polar surface area (TPSA) is 71.1 Å². The maximum absolute atomic E-state index is 12.7. The largest absolute Gasteiger partial charge is 0.493 e. The Kier molecular flexibility index (Phi) is 5.64. The van der Waals surface area contributed by atoms with Gasteiger partial charge in [0.2, 0.25) is 0 Å². The number of benzene rings is 1. The molecule has 0 saturated carbocycles. The van der Waals surface area contributed by atoms with Crippen LogP contribution in [0.3, 0.4) is 0 Å². The summed E-state index contributed by atoms with van der Waals surface area (Å²) in [6.45, 7) is 9.99. The van der Waals surface area contributed by atoms with Crippen LogP contribution in [0.4, 0.5) is 0 Å². The van der Waals surface area contributed by atoms with E-state index in [1.807, 2.05) is 0 Å². The van der Waals surface area contributed by atoms with Crippen LogP contribution in [0.15, 0.2) is 12.1 Å². The minimum absolute atomic E-state index is 0.155. The van der Waals surface area contributed by atoms with Gasteiger partial charge in [0.1, 0.15) is 16.8 Å². The predicted octanol–water partition coefficient (Wildman–Crippen LogP) is 2.98. The maximum atomic E-state index is 12.7. The van der Waals surface area contributed by atoms with Crippen LogP contribution < -0.4 is 9.47 Å². The van der Waals surface area contributed by atoms with Crippen LogP contribution in [0.25, 0.3) is 0 Å². The average Bonchev–Trinajstić information content (AvgIpc) is 2.43. The molecular formula is C17H23O6. The Morgan fingerprint density at radius 2 is 1.65 bits per heavy atom. The van der Waals surface area contributed by atoms with E-state index in [1.165, 1.54) is 20.7 Å². The highest BCUT2D eigenvalue weighted by atomic mass is 16.6.